The van der Waals surface area contributed by atoms with E-state index in [9.17, 15) is 19.1 Å². The molecule has 0 aromatic heterocycles. The molecule has 0 atom stereocenters. The van der Waals surface area contributed by atoms with E-state index in [1.165, 1.54) is 12.1 Å². The summed E-state index contributed by atoms with van der Waals surface area (Å²) >= 11 is 0. The highest BCUT2D eigenvalue weighted by molar-refractivity contribution is 5.93. The van der Waals surface area contributed by atoms with Crippen molar-refractivity contribution in [1.29, 1.82) is 0 Å². The van der Waals surface area contributed by atoms with Gasteiger partial charge in [-0.3, -0.25) is 9.59 Å². The Morgan fingerprint density at radius 1 is 1.38 bits per heavy atom. The van der Waals surface area contributed by atoms with E-state index in [-0.39, 0.29) is 5.56 Å². The topological polar surface area (TPSA) is 83.6 Å². The number of hydrogen-bond acceptors (Lipinski definition) is 3. The number of amides is 1. The van der Waals surface area contributed by atoms with Gasteiger partial charge in [0, 0.05) is 18.7 Å². The molecule has 2 rings (SSSR count). The number of nitrogens with two attached hydrogens (primary N) is 1. The van der Waals surface area contributed by atoms with Crippen LogP contribution in [0.3, 0.4) is 0 Å². The van der Waals surface area contributed by atoms with Gasteiger partial charge in [-0.15, -0.1) is 0 Å². The van der Waals surface area contributed by atoms with Crippen LogP contribution in [-0.2, 0) is 4.79 Å². The molecular weight excluding hydrogens is 275 g/mol. The molecule has 21 heavy (non-hydrogen) atoms. The fraction of sp³-hybridized carbons (Fsp3) is 0.467. The lowest BCUT2D eigenvalue weighted by molar-refractivity contribution is -0.150. The number of carboxylic acid groups (broad SMARTS) is 1. The molecule has 1 heterocycles. The maximum absolute atomic E-state index is 14.1. The van der Waals surface area contributed by atoms with Gasteiger partial charge in [0.15, 0.2) is 0 Å². The summed E-state index contributed by atoms with van der Waals surface area (Å²) < 4.78 is 14.1. The van der Waals surface area contributed by atoms with Gasteiger partial charge in [0.05, 0.1) is 11.1 Å². The first kappa shape index (κ1) is 15.3. The molecule has 1 amide bonds. The fourth-order valence-corrected chi connectivity index (χ4v) is 2.81. The van der Waals surface area contributed by atoms with Crippen molar-refractivity contribution in [3.05, 3.63) is 29.6 Å². The standard InChI is InChI=1S/C15H19FN2O3/c1-2-15(14(20)21)5-7-18(8-6-15)12-4-3-10(13(17)19)9-11(12)16/h3-4,9H,2,5-8H2,1H3,(H2,17,19)(H,20,21). The summed E-state index contributed by atoms with van der Waals surface area (Å²) in [7, 11) is 0. The summed E-state index contributed by atoms with van der Waals surface area (Å²) in [4.78, 5) is 24.2. The Morgan fingerprint density at radius 2 is 2.00 bits per heavy atom. The fourth-order valence-electron chi connectivity index (χ4n) is 2.81. The lowest BCUT2D eigenvalue weighted by Gasteiger charge is -2.39. The molecule has 0 bridgehead atoms. The molecule has 6 heteroatoms. The average Bonchev–Trinajstić information content (AvgIpc) is 2.47. The zero-order chi connectivity index (χ0) is 15.6. The van der Waals surface area contributed by atoms with Crippen molar-refractivity contribution < 1.29 is 19.1 Å². The number of piperidine rings is 1. The predicted molar refractivity (Wildman–Crippen MR) is 76.7 cm³/mol. The lowest BCUT2D eigenvalue weighted by Crippen LogP contribution is -2.44. The quantitative estimate of drug-likeness (QED) is 0.889. The van der Waals surface area contributed by atoms with Gasteiger partial charge >= 0.3 is 5.97 Å². The molecule has 1 aromatic rings. The van der Waals surface area contributed by atoms with Gasteiger partial charge in [-0.1, -0.05) is 6.92 Å². The summed E-state index contributed by atoms with van der Waals surface area (Å²) in [5, 5.41) is 9.35. The van der Waals surface area contributed by atoms with E-state index in [1.807, 2.05) is 11.8 Å². The Bertz CT molecular complexity index is 566. The Kier molecular flexibility index (Phi) is 4.16. The molecule has 0 radical (unpaired) electrons. The van der Waals surface area contributed by atoms with E-state index in [1.54, 1.807) is 0 Å². The number of primary amides is 1. The van der Waals surface area contributed by atoms with E-state index >= 15 is 0 Å². The number of nitrogens with zero attached hydrogens (tertiary/aromatic N) is 1. The molecule has 3 N–H and O–H groups in total. The van der Waals surface area contributed by atoms with Crippen LogP contribution in [0.5, 0.6) is 0 Å². The molecule has 1 fully saturated rings. The summed E-state index contributed by atoms with van der Waals surface area (Å²) in [5.74, 6) is -1.96. The Morgan fingerprint density at radius 3 is 2.43 bits per heavy atom. The van der Waals surface area contributed by atoms with Crippen LogP contribution in [0.15, 0.2) is 18.2 Å². The second kappa shape index (κ2) is 5.71. The van der Waals surface area contributed by atoms with Gasteiger partial charge in [-0.05, 0) is 37.5 Å². The largest absolute Gasteiger partial charge is 0.481 e. The minimum atomic E-state index is -0.783. The molecule has 5 nitrogen and oxygen atoms in total. The lowest BCUT2D eigenvalue weighted by atomic mass is 9.76. The van der Waals surface area contributed by atoms with Gasteiger partial charge < -0.3 is 15.7 Å². The molecule has 1 aromatic carbocycles. The van der Waals surface area contributed by atoms with Crippen molar-refractivity contribution in [1.82, 2.24) is 0 Å². The van der Waals surface area contributed by atoms with Gasteiger partial charge in [0.2, 0.25) is 5.91 Å². The summed E-state index contributed by atoms with van der Waals surface area (Å²) in [6.45, 7) is 2.83. The summed E-state index contributed by atoms with van der Waals surface area (Å²) in [6, 6.07) is 4.13. The molecular formula is C15H19FN2O3. The van der Waals surface area contributed by atoms with Crippen molar-refractivity contribution in [2.24, 2.45) is 11.1 Å². The van der Waals surface area contributed by atoms with Crippen molar-refractivity contribution in [3.63, 3.8) is 0 Å². The number of hydrogen-bond donors (Lipinski definition) is 2. The molecule has 0 aliphatic carbocycles. The molecule has 1 aliphatic heterocycles. The van der Waals surface area contributed by atoms with Crippen LogP contribution in [0.25, 0.3) is 0 Å². The number of anilines is 1. The second-order valence-electron chi connectivity index (χ2n) is 5.46. The maximum Gasteiger partial charge on any atom is 0.309 e. The van der Waals surface area contributed by atoms with Gasteiger partial charge in [-0.2, -0.15) is 0 Å². The van der Waals surface area contributed by atoms with E-state index in [0.29, 0.717) is 38.0 Å². The Balaban J connectivity index is 2.16. The monoisotopic (exact) mass is 294 g/mol. The van der Waals surface area contributed by atoms with E-state index in [0.717, 1.165) is 6.07 Å². The van der Waals surface area contributed by atoms with Crippen molar-refractivity contribution >= 4 is 17.6 Å². The van der Waals surface area contributed by atoms with Crippen LogP contribution in [0.2, 0.25) is 0 Å². The predicted octanol–water partition coefficient (Wildman–Crippen LogP) is 2.01. The minimum absolute atomic E-state index is 0.127. The molecule has 1 aliphatic rings. The van der Waals surface area contributed by atoms with Crippen LogP contribution in [0, 0.1) is 11.2 Å². The van der Waals surface area contributed by atoms with Crippen LogP contribution >= 0.6 is 0 Å². The third-order valence-electron chi connectivity index (χ3n) is 4.42. The first-order valence-electron chi connectivity index (χ1n) is 6.97. The normalized spacial score (nSPS) is 17.5. The highest BCUT2D eigenvalue weighted by Crippen LogP contribution is 2.37. The maximum atomic E-state index is 14.1. The number of halogens is 1. The van der Waals surface area contributed by atoms with E-state index < -0.39 is 23.1 Å². The zero-order valence-electron chi connectivity index (χ0n) is 11.9. The SMILES string of the molecule is CCC1(C(=O)O)CCN(c2ccc(C(N)=O)cc2F)CC1. The first-order chi connectivity index (χ1) is 9.89. The number of rotatable bonds is 4. The van der Waals surface area contributed by atoms with Crippen LogP contribution in [-0.4, -0.2) is 30.1 Å². The zero-order valence-corrected chi connectivity index (χ0v) is 11.9. The highest BCUT2D eigenvalue weighted by Gasteiger charge is 2.40. The number of carbonyl (C=O) groups excluding carboxylic acids is 1. The minimum Gasteiger partial charge on any atom is -0.481 e. The second-order valence-corrected chi connectivity index (χ2v) is 5.46. The van der Waals surface area contributed by atoms with E-state index in [4.69, 9.17) is 5.73 Å². The van der Waals surface area contributed by atoms with Crippen molar-refractivity contribution in [2.75, 3.05) is 18.0 Å². The molecule has 0 spiro atoms. The first-order valence-corrected chi connectivity index (χ1v) is 6.97. The smallest absolute Gasteiger partial charge is 0.309 e. The molecule has 114 valence electrons. The average molecular weight is 294 g/mol. The van der Waals surface area contributed by atoms with E-state index in [2.05, 4.69) is 0 Å². The third kappa shape index (κ3) is 2.84. The summed E-state index contributed by atoms with van der Waals surface area (Å²) in [5.41, 5.74) is 4.92. The van der Waals surface area contributed by atoms with Crippen LogP contribution in [0.4, 0.5) is 10.1 Å². The van der Waals surface area contributed by atoms with Crippen molar-refractivity contribution in [2.45, 2.75) is 26.2 Å². The Labute approximate surface area is 122 Å². The van der Waals surface area contributed by atoms with Gasteiger partial charge in [-0.25, -0.2) is 4.39 Å². The summed E-state index contributed by atoms with van der Waals surface area (Å²) in [6.07, 6.45) is 1.53. The van der Waals surface area contributed by atoms with Gasteiger partial charge in [0.25, 0.3) is 0 Å². The Hall–Kier alpha value is -2.11. The highest BCUT2D eigenvalue weighted by atomic mass is 19.1. The van der Waals surface area contributed by atoms with Crippen LogP contribution in [0.1, 0.15) is 36.5 Å². The molecule has 0 unspecified atom stereocenters. The van der Waals surface area contributed by atoms with Crippen LogP contribution < -0.4 is 10.6 Å². The number of benzene rings is 1. The number of aliphatic carboxylic acids is 1. The number of carbonyl (C=O) groups is 2. The number of carboxylic acids is 1. The third-order valence-corrected chi connectivity index (χ3v) is 4.42. The molecule has 1 saturated heterocycles. The van der Waals surface area contributed by atoms with Gasteiger partial charge in [0.1, 0.15) is 5.82 Å². The van der Waals surface area contributed by atoms with Crippen molar-refractivity contribution in [3.8, 4) is 0 Å². The molecule has 0 saturated carbocycles.